The van der Waals surface area contributed by atoms with Gasteiger partial charge in [-0.15, -0.1) is 0 Å². The Morgan fingerprint density at radius 2 is 1.86 bits per heavy atom. The summed E-state index contributed by atoms with van der Waals surface area (Å²) in [6, 6.07) is 7.46. The average molecular weight is 197 g/mol. The van der Waals surface area contributed by atoms with Gasteiger partial charge in [0.2, 0.25) is 0 Å². The maximum Gasteiger partial charge on any atom is 0.123 e. The fourth-order valence-electron chi connectivity index (χ4n) is 1.03. The zero-order chi connectivity index (χ0) is 10.2. The lowest BCUT2D eigenvalue weighted by molar-refractivity contribution is 0.102. The van der Waals surface area contributed by atoms with Crippen molar-refractivity contribution >= 4 is 0 Å². The van der Waals surface area contributed by atoms with E-state index in [1.165, 1.54) is 0 Å². The molecule has 0 fully saturated rings. The molecule has 0 amide bonds. The molecule has 1 aromatic carbocycles. The monoisotopic (exact) mass is 197 g/mol. The molecule has 0 aliphatic carbocycles. The Hall–Kier alpha value is -1.26. The van der Waals surface area contributed by atoms with Crippen LogP contribution in [-0.4, -0.2) is 19.8 Å². The summed E-state index contributed by atoms with van der Waals surface area (Å²) in [6.45, 7) is 3.40. The molecular formula is C10H15NO3. The molecule has 2 N–H and O–H groups in total. The van der Waals surface area contributed by atoms with Crippen molar-refractivity contribution in [1.82, 2.24) is 0 Å². The van der Waals surface area contributed by atoms with Gasteiger partial charge >= 0.3 is 0 Å². The lowest BCUT2D eigenvalue weighted by atomic mass is 10.3. The molecule has 0 atom stereocenters. The largest absolute Gasteiger partial charge is 0.494 e. The van der Waals surface area contributed by atoms with E-state index in [9.17, 15) is 0 Å². The number of benzene rings is 1. The van der Waals surface area contributed by atoms with Gasteiger partial charge in [0.1, 0.15) is 24.7 Å². The van der Waals surface area contributed by atoms with Crippen molar-refractivity contribution in [1.29, 1.82) is 0 Å². The van der Waals surface area contributed by atoms with E-state index in [1.807, 2.05) is 31.2 Å². The zero-order valence-corrected chi connectivity index (χ0v) is 8.23. The van der Waals surface area contributed by atoms with Crippen molar-refractivity contribution in [3.05, 3.63) is 24.3 Å². The van der Waals surface area contributed by atoms with Gasteiger partial charge in [0.15, 0.2) is 0 Å². The minimum Gasteiger partial charge on any atom is -0.494 e. The first-order chi connectivity index (χ1) is 6.86. The summed E-state index contributed by atoms with van der Waals surface area (Å²) in [5, 5.41) is 0. The Bertz CT molecular complexity index is 265. The molecule has 1 rings (SSSR count). The first kappa shape index (κ1) is 10.8. The van der Waals surface area contributed by atoms with Crippen LogP contribution in [0.3, 0.4) is 0 Å². The topological polar surface area (TPSA) is 53.7 Å². The Balaban J connectivity index is 2.46. The van der Waals surface area contributed by atoms with E-state index in [1.54, 1.807) is 0 Å². The molecule has 0 spiro atoms. The molecule has 0 radical (unpaired) electrons. The third kappa shape index (κ3) is 3.64. The number of hydrogen-bond donors (Lipinski definition) is 1. The predicted octanol–water partition coefficient (Wildman–Crippen LogP) is 1.35. The number of rotatable bonds is 6. The molecule has 0 heterocycles. The summed E-state index contributed by atoms with van der Waals surface area (Å²) < 4.78 is 10.7. The van der Waals surface area contributed by atoms with E-state index >= 15 is 0 Å². The molecule has 4 nitrogen and oxygen atoms in total. The highest BCUT2D eigenvalue weighted by molar-refractivity contribution is 5.32. The molecule has 0 saturated heterocycles. The highest BCUT2D eigenvalue weighted by Gasteiger charge is 1.96. The van der Waals surface area contributed by atoms with E-state index in [0.717, 1.165) is 11.5 Å². The quantitative estimate of drug-likeness (QED) is 0.552. The first-order valence-electron chi connectivity index (χ1n) is 4.54. The predicted molar refractivity (Wildman–Crippen MR) is 53.2 cm³/mol. The van der Waals surface area contributed by atoms with Crippen LogP contribution in [-0.2, 0) is 4.84 Å². The van der Waals surface area contributed by atoms with Crippen molar-refractivity contribution in [2.24, 2.45) is 5.90 Å². The molecule has 0 aliphatic rings. The van der Waals surface area contributed by atoms with E-state index in [0.29, 0.717) is 19.8 Å². The van der Waals surface area contributed by atoms with Crippen LogP contribution in [0.4, 0.5) is 0 Å². The van der Waals surface area contributed by atoms with Crippen molar-refractivity contribution < 1.29 is 14.3 Å². The average Bonchev–Trinajstić information content (AvgIpc) is 2.19. The minimum atomic E-state index is 0.374. The van der Waals surface area contributed by atoms with Gasteiger partial charge in [0.05, 0.1) is 6.61 Å². The Morgan fingerprint density at radius 3 is 2.50 bits per heavy atom. The first-order valence-corrected chi connectivity index (χ1v) is 4.54. The Labute approximate surface area is 83.5 Å². The smallest absolute Gasteiger partial charge is 0.123 e. The number of hydrogen-bond acceptors (Lipinski definition) is 4. The second kappa shape index (κ2) is 6.23. The number of ether oxygens (including phenoxy) is 2. The molecule has 0 aliphatic heterocycles. The second-order valence-electron chi connectivity index (χ2n) is 2.63. The van der Waals surface area contributed by atoms with E-state index < -0.39 is 0 Å². The van der Waals surface area contributed by atoms with E-state index in [-0.39, 0.29) is 0 Å². The van der Waals surface area contributed by atoms with Crippen molar-refractivity contribution in [3.8, 4) is 11.5 Å². The van der Waals surface area contributed by atoms with Gasteiger partial charge in [-0.3, -0.25) is 0 Å². The molecule has 1 aromatic rings. The SMILES string of the molecule is CCOc1cccc(OCCON)c1. The lowest BCUT2D eigenvalue weighted by Gasteiger charge is -2.07. The van der Waals surface area contributed by atoms with Crippen LogP contribution >= 0.6 is 0 Å². The van der Waals surface area contributed by atoms with Gasteiger partial charge in [-0.05, 0) is 19.1 Å². The highest BCUT2D eigenvalue weighted by atomic mass is 16.6. The normalized spacial score (nSPS) is 9.86. The van der Waals surface area contributed by atoms with Crippen LogP contribution in [0.15, 0.2) is 24.3 Å². The van der Waals surface area contributed by atoms with Gasteiger partial charge in [0.25, 0.3) is 0 Å². The van der Waals surface area contributed by atoms with Crippen LogP contribution in [0, 0.1) is 0 Å². The molecule has 14 heavy (non-hydrogen) atoms. The number of nitrogens with two attached hydrogens (primary N) is 1. The zero-order valence-electron chi connectivity index (χ0n) is 8.23. The van der Waals surface area contributed by atoms with Gasteiger partial charge in [-0.1, -0.05) is 6.07 Å². The molecule has 4 heteroatoms. The van der Waals surface area contributed by atoms with Gasteiger partial charge in [-0.2, -0.15) is 0 Å². The highest BCUT2D eigenvalue weighted by Crippen LogP contribution is 2.18. The summed E-state index contributed by atoms with van der Waals surface area (Å²) in [6.07, 6.45) is 0. The van der Waals surface area contributed by atoms with Gasteiger partial charge in [-0.25, -0.2) is 5.90 Å². The van der Waals surface area contributed by atoms with Crippen molar-refractivity contribution in [3.63, 3.8) is 0 Å². The van der Waals surface area contributed by atoms with E-state index in [4.69, 9.17) is 15.4 Å². The van der Waals surface area contributed by atoms with Crippen LogP contribution in [0.2, 0.25) is 0 Å². The maximum atomic E-state index is 5.35. The second-order valence-corrected chi connectivity index (χ2v) is 2.63. The fourth-order valence-corrected chi connectivity index (χ4v) is 1.03. The summed E-state index contributed by atoms with van der Waals surface area (Å²) >= 11 is 0. The van der Waals surface area contributed by atoms with E-state index in [2.05, 4.69) is 4.84 Å². The molecular weight excluding hydrogens is 182 g/mol. The summed E-state index contributed by atoms with van der Waals surface area (Å²) in [5.74, 6) is 6.43. The summed E-state index contributed by atoms with van der Waals surface area (Å²) in [4.78, 5) is 4.39. The van der Waals surface area contributed by atoms with Crippen LogP contribution in [0.5, 0.6) is 11.5 Å². The molecule has 78 valence electrons. The standard InChI is InChI=1S/C10H15NO3/c1-2-12-9-4-3-5-10(8-9)13-6-7-14-11/h3-5,8H,2,6-7,11H2,1H3. The molecule has 0 aromatic heterocycles. The summed E-state index contributed by atoms with van der Waals surface area (Å²) in [7, 11) is 0. The molecule has 0 bridgehead atoms. The van der Waals surface area contributed by atoms with Crippen LogP contribution in [0.1, 0.15) is 6.92 Å². The third-order valence-electron chi connectivity index (χ3n) is 1.59. The molecule has 0 unspecified atom stereocenters. The maximum absolute atomic E-state index is 5.35. The Kier molecular flexibility index (Phi) is 4.82. The van der Waals surface area contributed by atoms with Crippen molar-refractivity contribution in [2.45, 2.75) is 6.92 Å². The summed E-state index contributed by atoms with van der Waals surface area (Å²) in [5.41, 5.74) is 0. The third-order valence-corrected chi connectivity index (χ3v) is 1.59. The van der Waals surface area contributed by atoms with Gasteiger partial charge in [0, 0.05) is 6.07 Å². The minimum absolute atomic E-state index is 0.374. The van der Waals surface area contributed by atoms with Crippen molar-refractivity contribution in [2.75, 3.05) is 19.8 Å². The Morgan fingerprint density at radius 1 is 1.14 bits per heavy atom. The van der Waals surface area contributed by atoms with Gasteiger partial charge < -0.3 is 14.3 Å². The van der Waals surface area contributed by atoms with Crippen LogP contribution in [0.25, 0.3) is 0 Å². The lowest BCUT2D eigenvalue weighted by Crippen LogP contribution is -2.10. The van der Waals surface area contributed by atoms with Crippen LogP contribution < -0.4 is 15.4 Å². The molecule has 0 saturated carbocycles. The fraction of sp³-hybridized carbons (Fsp3) is 0.400.